The Labute approximate surface area is 145 Å². The third kappa shape index (κ3) is 4.81. The molecule has 1 aromatic carbocycles. The Hall–Kier alpha value is -1.88. The van der Waals surface area contributed by atoms with Crippen molar-refractivity contribution in [2.75, 3.05) is 33.2 Å². The summed E-state index contributed by atoms with van der Waals surface area (Å²) in [6.45, 7) is 5.06. The van der Waals surface area contributed by atoms with Crippen molar-refractivity contribution in [2.24, 2.45) is 0 Å². The lowest BCUT2D eigenvalue weighted by molar-refractivity contribution is -0.134. The fourth-order valence-electron chi connectivity index (χ4n) is 3.27. The first-order valence-corrected chi connectivity index (χ1v) is 8.95. The average Bonchev–Trinajstić information content (AvgIpc) is 2.64. The molecule has 0 aliphatic carbocycles. The van der Waals surface area contributed by atoms with Crippen molar-refractivity contribution in [3.8, 4) is 0 Å². The Morgan fingerprint density at radius 2 is 1.88 bits per heavy atom. The molecular weight excluding hydrogens is 302 g/mol. The highest BCUT2D eigenvalue weighted by molar-refractivity contribution is 5.94. The Morgan fingerprint density at radius 1 is 1.21 bits per heavy atom. The average molecular weight is 331 g/mol. The van der Waals surface area contributed by atoms with E-state index in [0.717, 1.165) is 44.5 Å². The number of likely N-dealkylation sites (tertiary alicyclic amines) is 1. The summed E-state index contributed by atoms with van der Waals surface area (Å²) in [5, 5.41) is 3.04. The summed E-state index contributed by atoms with van der Waals surface area (Å²) in [5.74, 6) is 0.316. The number of nitrogens with zero attached hydrogens (tertiary/aromatic N) is 2. The summed E-state index contributed by atoms with van der Waals surface area (Å²) in [5.41, 5.74) is 0.742. The van der Waals surface area contributed by atoms with Crippen molar-refractivity contribution in [1.29, 1.82) is 0 Å². The Balaban J connectivity index is 1.92. The van der Waals surface area contributed by atoms with Crippen LogP contribution in [0.15, 0.2) is 30.3 Å². The minimum Gasteiger partial charge on any atom is -0.340 e. The molecule has 0 bridgehead atoms. The lowest BCUT2D eigenvalue weighted by Crippen LogP contribution is -2.49. The van der Waals surface area contributed by atoms with Gasteiger partial charge in [-0.1, -0.05) is 25.1 Å². The Bertz CT molecular complexity index is 525. The standard InChI is InChI=1S/C19H29N3O2/c1-3-13-22(18(23)9-12-20-2)17-10-14-21(15-11-17)19(24)16-7-5-4-6-8-16/h4-8,17,20H,3,9-15H2,1-2H3. The van der Waals surface area contributed by atoms with E-state index in [1.807, 2.05) is 47.2 Å². The predicted octanol–water partition coefficient (Wildman–Crippen LogP) is 2.14. The van der Waals surface area contributed by atoms with Gasteiger partial charge < -0.3 is 15.1 Å². The van der Waals surface area contributed by atoms with Gasteiger partial charge in [0, 0.05) is 44.2 Å². The van der Waals surface area contributed by atoms with Crippen LogP contribution in [-0.2, 0) is 4.79 Å². The predicted molar refractivity (Wildman–Crippen MR) is 95.9 cm³/mol. The zero-order chi connectivity index (χ0) is 17.4. The molecular formula is C19H29N3O2. The summed E-state index contributed by atoms with van der Waals surface area (Å²) < 4.78 is 0. The molecule has 1 heterocycles. The summed E-state index contributed by atoms with van der Waals surface area (Å²) in [6, 6.07) is 9.68. The molecule has 2 amide bonds. The molecule has 0 unspecified atom stereocenters. The largest absolute Gasteiger partial charge is 0.340 e. The van der Waals surface area contributed by atoms with Gasteiger partial charge in [-0.3, -0.25) is 9.59 Å². The number of amides is 2. The summed E-state index contributed by atoms with van der Waals surface area (Å²) in [6.07, 6.45) is 3.24. The zero-order valence-electron chi connectivity index (χ0n) is 14.8. The number of benzene rings is 1. The molecule has 0 radical (unpaired) electrons. The van der Waals surface area contributed by atoms with Crippen LogP contribution in [0.5, 0.6) is 0 Å². The minimum absolute atomic E-state index is 0.0950. The molecule has 1 aliphatic rings. The second kappa shape index (κ2) is 9.42. The van der Waals surface area contributed by atoms with Crippen LogP contribution in [0, 0.1) is 0 Å². The van der Waals surface area contributed by atoms with E-state index in [1.54, 1.807) is 0 Å². The highest BCUT2D eigenvalue weighted by Gasteiger charge is 2.29. The number of hydrogen-bond donors (Lipinski definition) is 1. The third-order valence-corrected chi connectivity index (χ3v) is 4.59. The van der Waals surface area contributed by atoms with Crippen molar-refractivity contribution in [3.05, 3.63) is 35.9 Å². The molecule has 2 rings (SSSR count). The van der Waals surface area contributed by atoms with E-state index < -0.39 is 0 Å². The van der Waals surface area contributed by atoms with Crippen LogP contribution in [0.25, 0.3) is 0 Å². The molecule has 1 aliphatic heterocycles. The number of piperidine rings is 1. The minimum atomic E-state index is 0.0950. The van der Waals surface area contributed by atoms with Gasteiger partial charge in [0.25, 0.3) is 5.91 Å². The van der Waals surface area contributed by atoms with Crippen molar-refractivity contribution < 1.29 is 9.59 Å². The fraction of sp³-hybridized carbons (Fsp3) is 0.579. The second-order valence-corrected chi connectivity index (χ2v) is 6.33. The van der Waals surface area contributed by atoms with Crippen LogP contribution in [0.4, 0.5) is 0 Å². The van der Waals surface area contributed by atoms with Gasteiger partial charge in [-0.05, 0) is 38.4 Å². The maximum Gasteiger partial charge on any atom is 0.253 e. The van der Waals surface area contributed by atoms with Gasteiger partial charge in [-0.15, -0.1) is 0 Å². The zero-order valence-corrected chi connectivity index (χ0v) is 14.8. The molecule has 132 valence electrons. The van der Waals surface area contributed by atoms with Gasteiger partial charge in [0.1, 0.15) is 0 Å². The maximum atomic E-state index is 12.5. The third-order valence-electron chi connectivity index (χ3n) is 4.59. The molecule has 0 atom stereocenters. The van der Waals surface area contributed by atoms with Crippen LogP contribution in [0.3, 0.4) is 0 Å². The van der Waals surface area contributed by atoms with Gasteiger partial charge in [0.2, 0.25) is 5.91 Å². The summed E-state index contributed by atoms with van der Waals surface area (Å²) >= 11 is 0. The van der Waals surface area contributed by atoms with Gasteiger partial charge in [-0.25, -0.2) is 0 Å². The number of carbonyl (C=O) groups excluding carboxylic acids is 2. The van der Waals surface area contributed by atoms with Crippen LogP contribution >= 0.6 is 0 Å². The second-order valence-electron chi connectivity index (χ2n) is 6.33. The molecule has 1 saturated heterocycles. The molecule has 24 heavy (non-hydrogen) atoms. The quantitative estimate of drug-likeness (QED) is 0.833. The van der Waals surface area contributed by atoms with Crippen molar-refractivity contribution in [2.45, 2.75) is 38.6 Å². The van der Waals surface area contributed by atoms with Crippen LogP contribution in [0.2, 0.25) is 0 Å². The number of hydrogen-bond acceptors (Lipinski definition) is 3. The van der Waals surface area contributed by atoms with Crippen molar-refractivity contribution in [3.63, 3.8) is 0 Å². The van der Waals surface area contributed by atoms with Crippen LogP contribution < -0.4 is 5.32 Å². The first-order valence-electron chi connectivity index (χ1n) is 8.95. The summed E-state index contributed by atoms with van der Waals surface area (Å²) in [4.78, 5) is 28.9. The summed E-state index contributed by atoms with van der Waals surface area (Å²) in [7, 11) is 1.87. The molecule has 1 fully saturated rings. The smallest absolute Gasteiger partial charge is 0.253 e. The molecule has 0 saturated carbocycles. The van der Waals surface area contributed by atoms with Crippen LogP contribution in [0.1, 0.15) is 43.0 Å². The van der Waals surface area contributed by atoms with Crippen LogP contribution in [-0.4, -0.2) is 60.9 Å². The van der Waals surface area contributed by atoms with E-state index in [4.69, 9.17) is 0 Å². The van der Waals surface area contributed by atoms with Gasteiger partial charge in [0.05, 0.1) is 0 Å². The van der Waals surface area contributed by atoms with E-state index in [9.17, 15) is 9.59 Å². The Morgan fingerprint density at radius 3 is 2.46 bits per heavy atom. The number of rotatable bonds is 7. The first kappa shape index (κ1) is 18.5. The van der Waals surface area contributed by atoms with E-state index in [1.165, 1.54) is 0 Å². The normalized spacial score (nSPS) is 15.3. The molecule has 0 spiro atoms. The Kier molecular flexibility index (Phi) is 7.25. The highest BCUT2D eigenvalue weighted by atomic mass is 16.2. The van der Waals surface area contributed by atoms with Crippen molar-refractivity contribution >= 4 is 11.8 Å². The number of nitrogens with one attached hydrogen (secondary N) is 1. The lowest BCUT2D eigenvalue weighted by Gasteiger charge is -2.38. The van der Waals surface area contributed by atoms with Crippen molar-refractivity contribution in [1.82, 2.24) is 15.1 Å². The maximum absolute atomic E-state index is 12.5. The lowest BCUT2D eigenvalue weighted by atomic mass is 10.0. The van der Waals surface area contributed by atoms with Gasteiger partial charge in [0.15, 0.2) is 0 Å². The molecule has 1 N–H and O–H groups in total. The van der Waals surface area contributed by atoms with E-state index in [2.05, 4.69) is 12.2 Å². The molecule has 5 heteroatoms. The van der Waals surface area contributed by atoms with E-state index >= 15 is 0 Å². The van der Waals surface area contributed by atoms with E-state index in [0.29, 0.717) is 13.0 Å². The number of carbonyl (C=O) groups is 2. The topological polar surface area (TPSA) is 52.7 Å². The first-order chi connectivity index (χ1) is 11.7. The molecule has 0 aromatic heterocycles. The fourth-order valence-corrected chi connectivity index (χ4v) is 3.27. The van der Waals surface area contributed by atoms with E-state index in [-0.39, 0.29) is 17.9 Å². The molecule has 5 nitrogen and oxygen atoms in total. The highest BCUT2D eigenvalue weighted by Crippen LogP contribution is 2.19. The monoisotopic (exact) mass is 331 g/mol. The van der Waals surface area contributed by atoms with Gasteiger partial charge >= 0.3 is 0 Å². The SMILES string of the molecule is CCCN(C(=O)CCNC)C1CCN(C(=O)c2ccccc2)CC1. The molecule has 1 aromatic rings. The van der Waals surface area contributed by atoms with Gasteiger partial charge in [-0.2, -0.15) is 0 Å².